The smallest absolute Gasteiger partial charge is 0.133 e. The predicted molar refractivity (Wildman–Crippen MR) is 75.2 cm³/mol. The molecular formula is C13H12BrFN2S. The molecule has 0 spiro atoms. The molecule has 18 heavy (non-hydrogen) atoms. The van der Waals surface area contributed by atoms with Crippen molar-refractivity contribution in [3.05, 3.63) is 39.6 Å². The van der Waals surface area contributed by atoms with Crippen molar-refractivity contribution in [1.29, 1.82) is 0 Å². The van der Waals surface area contributed by atoms with Crippen molar-refractivity contribution in [1.82, 2.24) is 10.3 Å². The van der Waals surface area contributed by atoms with E-state index in [0.717, 1.165) is 28.1 Å². The first kappa shape index (κ1) is 12.3. The number of benzene rings is 1. The fourth-order valence-electron chi connectivity index (χ4n) is 2.17. The lowest BCUT2D eigenvalue weighted by Crippen LogP contribution is -2.12. The molecule has 1 aliphatic heterocycles. The number of hydrogen-bond acceptors (Lipinski definition) is 3. The van der Waals surface area contributed by atoms with Gasteiger partial charge in [0, 0.05) is 15.4 Å². The fraction of sp³-hybridized carbons (Fsp3) is 0.308. The molecule has 2 aromatic rings. The molecule has 1 aromatic heterocycles. The quantitative estimate of drug-likeness (QED) is 0.897. The fourth-order valence-corrected chi connectivity index (χ4v) is 3.42. The third-order valence-electron chi connectivity index (χ3n) is 3.10. The van der Waals surface area contributed by atoms with Crippen molar-refractivity contribution < 1.29 is 4.39 Å². The van der Waals surface area contributed by atoms with Crippen LogP contribution in [0.2, 0.25) is 0 Å². The van der Waals surface area contributed by atoms with Crippen LogP contribution in [-0.4, -0.2) is 11.5 Å². The van der Waals surface area contributed by atoms with Crippen molar-refractivity contribution in [2.45, 2.75) is 18.9 Å². The SMILES string of the molecule is Fc1ccc(Br)cc1-c1nc([C@@H]2CCCN2)cs1. The Balaban J connectivity index is 1.94. The van der Waals surface area contributed by atoms with Gasteiger partial charge in [-0.25, -0.2) is 9.37 Å². The van der Waals surface area contributed by atoms with E-state index in [1.165, 1.54) is 23.8 Å². The number of halogens is 2. The second kappa shape index (κ2) is 5.07. The summed E-state index contributed by atoms with van der Waals surface area (Å²) in [4.78, 5) is 4.56. The molecule has 1 fully saturated rings. The molecule has 0 unspecified atom stereocenters. The topological polar surface area (TPSA) is 24.9 Å². The summed E-state index contributed by atoms with van der Waals surface area (Å²) in [5.41, 5.74) is 1.60. The molecular weight excluding hydrogens is 315 g/mol. The summed E-state index contributed by atoms with van der Waals surface area (Å²) in [6.45, 7) is 1.04. The van der Waals surface area contributed by atoms with E-state index in [1.54, 1.807) is 12.1 Å². The van der Waals surface area contributed by atoms with Gasteiger partial charge in [-0.05, 0) is 37.6 Å². The second-order valence-electron chi connectivity index (χ2n) is 4.35. The van der Waals surface area contributed by atoms with Gasteiger partial charge in [-0.1, -0.05) is 15.9 Å². The molecule has 0 aliphatic carbocycles. The van der Waals surface area contributed by atoms with Crippen molar-refractivity contribution in [3.63, 3.8) is 0 Å². The highest BCUT2D eigenvalue weighted by Gasteiger charge is 2.20. The van der Waals surface area contributed by atoms with Crippen LogP contribution < -0.4 is 5.32 Å². The molecule has 1 aliphatic rings. The molecule has 5 heteroatoms. The van der Waals surface area contributed by atoms with Crippen LogP contribution >= 0.6 is 27.3 Å². The number of nitrogens with zero attached hydrogens (tertiary/aromatic N) is 1. The van der Waals surface area contributed by atoms with Crippen LogP contribution in [-0.2, 0) is 0 Å². The number of hydrogen-bond donors (Lipinski definition) is 1. The van der Waals surface area contributed by atoms with Gasteiger partial charge in [0.25, 0.3) is 0 Å². The van der Waals surface area contributed by atoms with E-state index < -0.39 is 0 Å². The Morgan fingerprint density at radius 3 is 3.11 bits per heavy atom. The van der Waals surface area contributed by atoms with Gasteiger partial charge in [0.2, 0.25) is 0 Å². The first-order valence-electron chi connectivity index (χ1n) is 5.88. The minimum atomic E-state index is -0.224. The summed E-state index contributed by atoms with van der Waals surface area (Å²) in [5.74, 6) is -0.224. The van der Waals surface area contributed by atoms with Gasteiger partial charge in [0.15, 0.2) is 0 Å². The lowest BCUT2D eigenvalue weighted by atomic mass is 10.2. The average molecular weight is 327 g/mol. The van der Waals surface area contributed by atoms with E-state index in [1.807, 2.05) is 5.38 Å². The molecule has 1 N–H and O–H groups in total. The summed E-state index contributed by atoms with van der Waals surface area (Å²) in [7, 11) is 0. The third kappa shape index (κ3) is 2.35. The van der Waals surface area contributed by atoms with Gasteiger partial charge in [0.05, 0.1) is 11.7 Å². The van der Waals surface area contributed by atoms with Crippen LogP contribution in [0.15, 0.2) is 28.1 Å². The summed E-state index contributed by atoms with van der Waals surface area (Å²) in [6.07, 6.45) is 2.30. The zero-order valence-corrected chi connectivity index (χ0v) is 12.0. The highest BCUT2D eigenvalue weighted by molar-refractivity contribution is 9.10. The number of thiazole rings is 1. The molecule has 1 aromatic carbocycles. The van der Waals surface area contributed by atoms with Crippen LogP contribution in [0, 0.1) is 5.82 Å². The Morgan fingerprint density at radius 2 is 2.33 bits per heavy atom. The Kier molecular flexibility index (Phi) is 3.46. The summed E-state index contributed by atoms with van der Waals surface area (Å²) < 4.78 is 14.6. The summed E-state index contributed by atoms with van der Waals surface area (Å²) in [6, 6.07) is 5.28. The summed E-state index contributed by atoms with van der Waals surface area (Å²) >= 11 is 4.86. The third-order valence-corrected chi connectivity index (χ3v) is 4.49. The molecule has 0 radical (unpaired) electrons. The highest BCUT2D eigenvalue weighted by Crippen LogP contribution is 2.32. The molecule has 2 nitrogen and oxygen atoms in total. The zero-order valence-electron chi connectivity index (χ0n) is 9.62. The molecule has 0 saturated carbocycles. The molecule has 94 valence electrons. The maximum absolute atomic E-state index is 13.8. The van der Waals surface area contributed by atoms with E-state index in [2.05, 4.69) is 26.2 Å². The van der Waals surface area contributed by atoms with Crippen LogP contribution in [0.25, 0.3) is 10.6 Å². The molecule has 0 amide bonds. The van der Waals surface area contributed by atoms with Crippen LogP contribution in [0.5, 0.6) is 0 Å². The Labute approximate surface area is 117 Å². The van der Waals surface area contributed by atoms with Gasteiger partial charge < -0.3 is 5.32 Å². The molecule has 0 bridgehead atoms. The van der Waals surface area contributed by atoms with Gasteiger partial charge in [0.1, 0.15) is 10.8 Å². The van der Waals surface area contributed by atoms with Crippen molar-refractivity contribution in [2.24, 2.45) is 0 Å². The normalized spacial score (nSPS) is 19.3. The molecule has 1 atom stereocenters. The monoisotopic (exact) mass is 326 g/mol. The molecule has 1 saturated heterocycles. The van der Waals surface area contributed by atoms with Crippen LogP contribution in [0.3, 0.4) is 0 Å². The number of nitrogens with one attached hydrogen (secondary N) is 1. The van der Waals surface area contributed by atoms with Crippen molar-refractivity contribution in [2.75, 3.05) is 6.54 Å². The van der Waals surface area contributed by atoms with Gasteiger partial charge >= 0.3 is 0 Å². The van der Waals surface area contributed by atoms with E-state index >= 15 is 0 Å². The van der Waals surface area contributed by atoms with E-state index in [-0.39, 0.29) is 5.82 Å². The maximum Gasteiger partial charge on any atom is 0.133 e. The van der Waals surface area contributed by atoms with E-state index in [4.69, 9.17) is 0 Å². The second-order valence-corrected chi connectivity index (χ2v) is 6.12. The first-order chi connectivity index (χ1) is 8.74. The van der Waals surface area contributed by atoms with Crippen molar-refractivity contribution >= 4 is 27.3 Å². The number of aromatic nitrogens is 1. The van der Waals surface area contributed by atoms with Crippen molar-refractivity contribution in [3.8, 4) is 10.6 Å². The largest absolute Gasteiger partial charge is 0.309 e. The van der Waals surface area contributed by atoms with Gasteiger partial charge in [-0.3, -0.25) is 0 Å². The zero-order chi connectivity index (χ0) is 12.5. The lowest BCUT2D eigenvalue weighted by molar-refractivity contribution is 0.626. The van der Waals surface area contributed by atoms with Gasteiger partial charge in [-0.2, -0.15) is 0 Å². The minimum Gasteiger partial charge on any atom is -0.309 e. The Bertz CT molecular complexity index is 564. The Morgan fingerprint density at radius 1 is 1.44 bits per heavy atom. The Hall–Kier alpha value is -0.780. The van der Waals surface area contributed by atoms with E-state index in [9.17, 15) is 4.39 Å². The van der Waals surface area contributed by atoms with E-state index in [0.29, 0.717) is 11.6 Å². The predicted octanol–water partition coefficient (Wildman–Crippen LogP) is 4.14. The standard InChI is InChI=1S/C13H12BrFN2S/c14-8-3-4-10(15)9(6-8)13-17-12(7-18-13)11-2-1-5-16-11/h3-4,6-7,11,16H,1-2,5H2/t11-/m0/s1. The lowest BCUT2D eigenvalue weighted by Gasteiger charge is -2.05. The first-order valence-corrected chi connectivity index (χ1v) is 7.55. The highest BCUT2D eigenvalue weighted by atomic mass is 79.9. The van der Waals surface area contributed by atoms with Crippen LogP contribution in [0.4, 0.5) is 4.39 Å². The van der Waals surface area contributed by atoms with Gasteiger partial charge in [-0.15, -0.1) is 11.3 Å². The molecule has 3 rings (SSSR count). The summed E-state index contributed by atoms with van der Waals surface area (Å²) in [5, 5.41) is 6.18. The number of rotatable bonds is 2. The minimum absolute atomic E-state index is 0.224. The average Bonchev–Trinajstić information content (AvgIpc) is 3.00. The maximum atomic E-state index is 13.8. The van der Waals surface area contributed by atoms with Crippen LogP contribution in [0.1, 0.15) is 24.6 Å². The molecule has 2 heterocycles.